The molecule has 7 heteroatoms. The highest BCUT2D eigenvalue weighted by Crippen LogP contribution is 2.24. The van der Waals surface area contributed by atoms with Gasteiger partial charge in [-0.2, -0.15) is 0 Å². The van der Waals surface area contributed by atoms with Crippen molar-refractivity contribution >= 4 is 23.3 Å². The van der Waals surface area contributed by atoms with Gasteiger partial charge in [-0.25, -0.2) is 4.79 Å². The number of benzene rings is 2. The van der Waals surface area contributed by atoms with Crippen molar-refractivity contribution in [1.82, 2.24) is 9.80 Å². The molecule has 1 N–H and O–H groups in total. The number of carbonyl (C=O) groups excluding carboxylic acids is 2. The summed E-state index contributed by atoms with van der Waals surface area (Å²) in [5.41, 5.74) is 1.89. The molecule has 0 unspecified atom stereocenters. The fraction of sp³-hybridized carbons (Fsp3) is 0.417. The van der Waals surface area contributed by atoms with Crippen LogP contribution < -0.4 is 15.0 Å². The van der Waals surface area contributed by atoms with E-state index in [1.54, 1.807) is 12.0 Å². The third-order valence-electron chi connectivity index (χ3n) is 6.09. The number of rotatable bonds is 4. The molecule has 2 heterocycles. The van der Waals surface area contributed by atoms with E-state index in [2.05, 4.69) is 16.3 Å². The maximum Gasteiger partial charge on any atom is 0.321 e. The molecule has 0 saturated carbocycles. The zero-order chi connectivity index (χ0) is 21.6. The Morgan fingerprint density at radius 2 is 1.71 bits per heavy atom. The Hall–Kier alpha value is -3.22. The number of methoxy groups -OCH3 is 1. The summed E-state index contributed by atoms with van der Waals surface area (Å²) in [6.07, 6.45) is 1.69. The SMILES string of the molecule is COc1cccc(N2CCN(C(=O)[C@@H]3CCCN(C(=O)Nc4ccccc4)C3)CC2)c1. The molecule has 1 atom stereocenters. The summed E-state index contributed by atoms with van der Waals surface area (Å²) in [4.78, 5) is 31.8. The van der Waals surface area contributed by atoms with Crippen molar-refractivity contribution in [3.8, 4) is 5.75 Å². The Morgan fingerprint density at radius 3 is 2.45 bits per heavy atom. The number of hydrogen-bond acceptors (Lipinski definition) is 4. The van der Waals surface area contributed by atoms with Gasteiger partial charge in [0.2, 0.25) is 5.91 Å². The lowest BCUT2D eigenvalue weighted by Gasteiger charge is -2.39. The van der Waals surface area contributed by atoms with Gasteiger partial charge in [-0.15, -0.1) is 0 Å². The first-order chi connectivity index (χ1) is 15.1. The molecule has 164 valence electrons. The lowest BCUT2D eigenvalue weighted by Crippen LogP contribution is -2.53. The second kappa shape index (κ2) is 9.73. The highest BCUT2D eigenvalue weighted by molar-refractivity contribution is 5.90. The lowest BCUT2D eigenvalue weighted by molar-refractivity contribution is -0.137. The van der Waals surface area contributed by atoms with E-state index in [9.17, 15) is 9.59 Å². The van der Waals surface area contributed by atoms with Crippen molar-refractivity contribution < 1.29 is 14.3 Å². The first kappa shape index (κ1) is 21.0. The molecule has 31 heavy (non-hydrogen) atoms. The number of nitrogens with zero attached hydrogens (tertiary/aromatic N) is 3. The number of piperazine rings is 1. The number of amides is 3. The molecule has 3 amide bonds. The number of urea groups is 1. The summed E-state index contributed by atoms with van der Waals surface area (Å²) in [7, 11) is 1.67. The van der Waals surface area contributed by atoms with Crippen LogP contribution in [0.2, 0.25) is 0 Å². The number of piperidine rings is 1. The second-order valence-electron chi connectivity index (χ2n) is 8.10. The smallest absolute Gasteiger partial charge is 0.321 e. The summed E-state index contributed by atoms with van der Waals surface area (Å²) < 4.78 is 5.32. The van der Waals surface area contributed by atoms with Gasteiger partial charge in [-0.05, 0) is 37.1 Å². The normalized spacial score (nSPS) is 19.1. The van der Waals surface area contributed by atoms with Gasteiger partial charge < -0.3 is 24.8 Å². The second-order valence-corrected chi connectivity index (χ2v) is 8.10. The molecule has 0 aromatic heterocycles. The predicted molar refractivity (Wildman–Crippen MR) is 122 cm³/mol. The maximum atomic E-state index is 13.2. The minimum atomic E-state index is -0.133. The number of ether oxygens (including phenoxy) is 1. The quantitative estimate of drug-likeness (QED) is 0.821. The van der Waals surface area contributed by atoms with Crippen molar-refractivity contribution in [3.05, 3.63) is 54.6 Å². The van der Waals surface area contributed by atoms with Crippen LogP contribution in [0.3, 0.4) is 0 Å². The van der Waals surface area contributed by atoms with Crippen molar-refractivity contribution in [1.29, 1.82) is 0 Å². The number of nitrogens with one attached hydrogen (secondary N) is 1. The third kappa shape index (κ3) is 5.10. The van der Waals surface area contributed by atoms with E-state index in [0.717, 1.165) is 43.1 Å². The predicted octanol–water partition coefficient (Wildman–Crippen LogP) is 3.29. The van der Waals surface area contributed by atoms with E-state index in [0.29, 0.717) is 26.2 Å². The molecule has 2 aliphatic rings. The zero-order valence-corrected chi connectivity index (χ0v) is 18.0. The van der Waals surface area contributed by atoms with Crippen LogP contribution >= 0.6 is 0 Å². The third-order valence-corrected chi connectivity index (χ3v) is 6.09. The minimum Gasteiger partial charge on any atom is -0.497 e. The summed E-state index contributed by atoms with van der Waals surface area (Å²) in [6.45, 7) is 4.15. The molecule has 0 spiro atoms. The summed E-state index contributed by atoms with van der Waals surface area (Å²) in [5.74, 6) is 0.883. The van der Waals surface area contributed by atoms with Crippen LogP contribution in [-0.4, -0.2) is 68.1 Å². The van der Waals surface area contributed by atoms with E-state index in [4.69, 9.17) is 4.74 Å². The van der Waals surface area contributed by atoms with Gasteiger partial charge in [-0.3, -0.25) is 4.79 Å². The molecule has 4 rings (SSSR count). The molecule has 2 saturated heterocycles. The average Bonchev–Trinajstić information content (AvgIpc) is 2.84. The first-order valence-corrected chi connectivity index (χ1v) is 10.9. The molecular weight excluding hydrogens is 392 g/mol. The maximum absolute atomic E-state index is 13.2. The largest absolute Gasteiger partial charge is 0.497 e. The van der Waals surface area contributed by atoms with Crippen LogP contribution in [0, 0.1) is 5.92 Å². The van der Waals surface area contributed by atoms with Crippen molar-refractivity contribution in [2.45, 2.75) is 12.8 Å². The molecule has 0 radical (unpaired) electrons. The van der Waals surface area contributed by atoms with Gasteiger partial charge in [0, 0.05) is 56.7 Å². The average molecular weight is 423 g/mol. The first-order valence-electron chi connectivity index (χ1n) is 10.9. The van der Waals surface area contributed by atoms with Crippen LogP contribution in [0.1, 0.15) is 12.8 Å². The van der Waals surface area contributed by atoms with Gasteiger partial charge in [0.15, 0.2) is 0 Å². The molecule has 0 bridgehead atoms. The molecule has 2 aromatic rings. The standard InChI is InChI=1S/C24H30N4O3/c1-31-22-11-5-10-21(17-22)26-13-15-27(16-14-26)23(29)19-7-6-12-28(18-19)24(30)25-20-8-3-2-4-9-20/h2-5,8-11,17,19H,6-7,12-16,18H2,1H3,(H,25,30)/t19-/m1/s1. The number of carbonyl (C=O) groups is 2. The van der Waals surface area contributed by atoms with Crippen LogP contribution in [-0.2, 0) is 4.79 Å². The Kier molecular flexibility index (Phi) is 6.60. The number of likely N-dealkylation sites (tertiary alicyclic amines) is 1. The fourth-order valence-electron chi connectivity index (χ4n) is 4.34. The minimum absolute atomic E-state index is 0.126. The number of anilines is 2. The molecule has 0 aliphatic carbocycles. The van der Waals surface area contributed by atoms with Crippen LogP contribution in [0.5, 0.6) is 5.75 Å². The van der Waals surface area contributed by atoms with Gasteiger partial charge in [0.05, 0.1) is 13.0 Å². The molecule has 2 fully saturated rings. The number of hydrogen-bond donors (Lipinski definition) is 1. The van der Waals surface area contributed by atoms with Gasteiger partial charge in [0.1, 0.15) is 5.75 Å². The van der Waals surface area contributed by atoms with Crippen molar-refractivity contribution in [3.63, 3.8) is 0 Å². The van der Waals surface area contributed by atoms with Gasteiger partial charge >= 0.3 is 6.03 Å². The van der Waals surface area contributed by atoms with E-state index >= 15 is 0 Å². The van der Waals surface area contributed by atoms with Crippen LogP contribution in [0.25, 0.3) is 0 Å². The molecular formula is C24H30N4O3. The van der Waals surface area contributed by atoms with Gasteiger partial charge in [0.25, 0.3) is 0 Å². The monoisotopic (exact) mass is 422 g/mol. The summed E-state index contributed by atoms with van der Waals surface area (Å²) in [5, 5.41) is 2.93. The molecule has 2 aliphatic heterocycles. The lowest BCUT2D eigenvalue weighted by atomic mass is 9.96. The van der Waals surface area contributed by atoms with Crippen LogP contribution in [0.4, 0.5) is 16.2 Å². The highest BCUT2D eigenvalue weighted by Gasteiger charge is 2.32. The molecule has 2 aromatic carbocycles. The fourth-order valence-corrected chi connectivity index (χ4v) is 4.34. The summed E-state index contributed by atoms with van der Waals surface area (Å²) >= 11 is 0. The topological polar surface area (TPSA) is 65.1 Å². The Balaban J connectivity index is 1.30. The van der Waals surface area contributed by atoms with E-state index in [1.807, 2.05) is 53.4 Å². The Morgan fingerprint density at radius 1 is 0.935 bits per heavy atom. The van der Waals surface area contributed by atoms with E-state index < -0.39 is 0 Å². The Labute approximate surface area is 183 Å². The van der Waals surface area contributed by atoms with Gasteiger partial charge in [-0.1, -0.05) is 24.3 Å². The Bertz CT molecular complexity index is 897. The van der Waals surface area contributed by atoms with Crippen molar-refractivity contribution in [2.75, 3.05) is 56.6 Å². The summed E-state index contributed by atoms with van der Waals surface area (Å²) in [6, 6.07) is 17.3. The zero-order valence-electron chi connectivity index (χ0n) is 18.0. The molecule has 7 nitrogen and oxygen atoms in total. The number of para-hydroxylation sites is 1. The van der Waals surface area contributed by atoms with Crippen molar-refractivity contribution in [2.24, 2.45) is 5.92 Å². The van der Waals surface area contributed by atoms with E-state index in [-0.39, 0.29) is 17.9 Å². The van der Waals surface area contributed by atoms with E-state index in [1.165, 1.54) is 0 Å². The van der Waals surface area contributed by atoms with Crippen LogP contribution in [0.15, 0.2) is 54.6 Å². The highest BCUT2D eigenvalue weighted by atomic mass is 16.5.